The first kappa shape index (κ1) is 33.6. The number of carbonyl (C=O) groups excluding carboxylic acids is 2. The minimum atomic E-state index is -0.535. The van der Waals surface area contributed by atoms with Gasteiger partial charge in [-0.3, -0.25) is 14.6 Å². The Bertz CT molecular complexity index is 741. The lowest BCUT2D eigenvalue weighted by atomic mass is 10.0. The molecule has 0 unspecified atom stereocenters. The van der Waals surface area contributed by atoms with Crippen molar-refractivity contribution in [2.45, 2.75) is 74.1 Å². The summed E-state index contributed by atoms with van der Waals surface area (Å²) in [4.78, 5) is 26.2. The van der Waals surface area contributed by atoms with Crippen molar-refractivity contribution in [1.29, 1.82) is 0 Å². The number of nitrogens with two attached hydrogens (primary N) is 1. The fourth-order valence-electron chi connectivity index (χ4n) is 2.61. The summed E-state index contributed by atoms with van der Waals surface area (Å²) >= 11 is 0. The van der Waals surface area contributed by atoms with E-state index in [0.29, 0.717) is 6.41 Å². The number of nitrogens with zero attached hydrogens (tertiary/aromatic N) is 2. The molecular weight excluding hydrogens is 431 g/mol. The number of unbranched alkanes of at least 4 members (excludes halogenated alkanes) is 1. The number of primary amides is 1. The number of likely N-dealkylation sites (N-methyl/N-ethyl adjacent to an activating group) is 1. The first-order chi connectivity index (χ1) is 16.0. The Hall–Kier alpha value is -2.54. The van der Waals surface area contributed by atoms with Crippen LogP contribution in [0.3, 0.4) is 0 Å². The topological polar surface area (TPSA) is 87.8 Å². The van der Waals surface area contributed by atoms with E-state index in [9.17, 15) is 14.0 Å². The van der Waals surface area contributed by atoms with Crippen LogP contribution in [0, 0.1) is 11.7 Å². The van der Waals surface area contributed by atoms with Crippen LogP contribution in [-0.4, -0.2) is 49.6 Å². The van der Waals surface area contributed by atoms with Crippen molar-refractivity contribution in [3.8, 4) is 0 Å². The molecule has 0 radical (unpaired) electrons. The van der Waals surface area contributed by atoms with Crippen molar-refractivity contribution in [3.63, 3.8) is 0 Å². The molecule has 0 bridgehead atoms. The second kappa shape index (κ2) is 21.0. The number of carbonyl (C=O) groups is 2. The first-order valence-electron chi connectivity index (χ1n) is 12.2. The zero-order valence-corrected chi connectivity index (χ0v) is 22.6. The standard InChI is InChI=1S/C17H23FN2.C4H10.C3H6N2O2.C3H8/c1-4-5-10-20(3)12-15-11-17(19-13(15)2)14-6-8-16(18)9-7-14;1-4(2)3;4-3(7)1-5-2-6;1-3-2/h6-9H,4-5,10-12H2,1-3H3;4H,1-3H3;2H,1H2,(H2,4,7)(H,5,6);3H2,1-2H3. The van der Waals surface area contributed by atoms with Gasteiger partial charge in [-0.2, -0.15) is 0 Å². The van der Waals surface area contributed by atoms with Crippen molar-refractivity contribution >= 4 is 18.0 Å². The smallest absolute Gasteiger partial charge is 0.236 e. The highest BCUT2D eigenvalue weighted by atomic mass is 19.1. The van der Waals surface area contributed by atoms with Crippen LogP contribution in [0.2, 0.25) is 0 Å². The average Bonchev–Trinajstić information content (AvgIpc) is 3.12. The lowest BCUT2D eigenvalue weighted by Gasteiger charge is -2.17. The molecule has 1 heterocycles. The maximum Gasteiger partial charge on any atom is 0.236 e. The minimum Gasteiger partial charge on any atom is -0.368 e. The Kier molecular flexibility index (Phi) is 20.8. The third-order valence-corrected chi connectivity index (χ3v) is 4.09. The zero-order valence-electron chi connectivity index (χ0n) is 22.6. The molecular formula is C27H47FN4O2. The Morgan fingerprint density at radius 3 is 2.15 bits per heavy atom. The van der Waals surface area contributed by atoms with Crippen molar-refractivity contribution in [2.24, 2.45) is 16.6 Å². The van der Waals surface area contributed by atoms with E-state index in [0.717, 1.165) is 42.4 Å². The van der Waals surface area contributed by atoms with Gasteiger partial charge >= 0.3 is 0 Å². The highest BCUT2D eigenvalue weighted by Crippen LogP contribution is 2.24. The van der Waals surface area contributed by atoms with Crippen molar-refractivity contribution < 1.29 is 14.0 Å². The fraction of sp³-hybridized carbons (Fsp3) is 0.593. The van der Waals surface area contributed by atoms with E-state index in [1.54, 1.807) is 0 Å². The normalized spacial score (nSPS) is 12.0. The van der Waals surface area contributed by atoms with E-state index in [2.05, 4.69) is 76.5 Å². The van der Waals surface area contributed by atoms with Crippen molar-refractivity contribution in [2.75, 3.05) is 26.7 Å². The third kappa shape index (κ3) is 19.0. The van der Waals surface area contributed by atoms with Crippen LogP contribution >= 0.6 is 0 Å². The lowest BCUT2D eigenvalue weighted by molar-refractivity contribution is -0.119. The number of benzene rings is 1. The summed E-state index contributed by atoms with van der Waals surface area (Å²) in [5.74, 6) is 0.101. The molecule has 0 fully saturated rings. The molecule has 3 N–H and O–H groups in total. The molecule has 6 nitrogen and oxygen atoms in total. The van der Waals surface area contributed by atoms with E-state index in [-0.39, 0.29) is 12.4 Å². The van der Waals surface area contributed by atoms with Crippen LogP contribution in [0.15, 0.2) is 40.5 Å². The first-order valence-corrected chi connectivity index (χ1v) is 12.2. The Labute approximate surface area is 206 Å². The maximum absolute atomic E-state index is 13.0. The summed E-state index contributed by atoms with van der Waals surface area (Å²) in [6, 6.07) is 6.62. The van der Waals surface area contributed by atoms with Gasteiger partial charge in [0, 0.05) is 18.7 Å². The second-order valence-corrected chi connectivity index (χ2v) is 8.93. The molecule has 0 aliphatic carbocycles. The van der Waals surface area contributed by atoms with Gasteiger partial charge in [-0.1, -0.05) is 66.5 Å². The van der Waals surface area contributed by atoms with E-state index < -0.39 is 5.91 Å². The highest BCUT2D eigenvalue weighted by molar-refractivity contribution is 6.04. The quantitative estimate of drug-likeness (QED) is 0.471. The van der Waals surface area contributed by atoms with Gasteiger partial charge in [-0.05, 0) is 56.1 Å². The summed E-state index contributed by atoms with van der Waals surface area (Å²) in [5.41, 5.74) is 9.20. The number of hydrogen-bond acceptors (Lipinski definition) is 4. The number of nitrogens with one attached hydrogen (secondary N) is 1. The van der Waals surface area contributed by atoms with Gasteiger partial charge in [-0.25, -0.2) is 4.39 Å². The molecule has 1 aromatic carbocycles. The molecule has 34 heavy (non-hydrogen) atoms. The van der Waals surface area contributed by atoms with E-state index in [1.807, 2.05) is 12.1 Å². The third-order valence-electron chi connectivity index (χ3n) is 4.09. The molecule has 0 spiro atoms. The summed E-state index contributed by atoms with van der Waals surface area (Å²) in [7, 11) is 2.16. The van der Waals surface area contributed by atoms with Crippen LogP contribution < -0.4 is 11.1 Å². The van der Waals surface area contributed by atoms with Gasteiger partial charge in [0.2, 0.25) is 12.3 Å². The number of halogens is 1. The molecule has 0 saturated heterocycles. The number of aliphatic imine (C=N–C) groups is 1. The van der Waals surface area contributed by atoms with Crippen LogP contribution in [0.5, 0.6) is 0 Å². The van der Waals surface area contributed by atoms with Crippen molar-refractivity contribution in [1.82, 2.24) is 10.2 Å². The summed E-state index contributed by atoms with van der Waals surface area (Å²) in [5, 5.41) is 2.09. The molecule has 0 saturated carbocycles. The average molecular weight is 479 g/mol. The predicted molar refractivity (Wildman–Crippen MR) is 142 cm³/mol. The molecule has 0 atom stereocenters. The van der Waals surface area contributed by atoms with E-state index >= 15 is 0 Å². The Balaban J connectivity index is 0. The minimum absolute atomic E-state index is 0.0799. The lowest BCUT2D eigenvalue weighted by Crippen LogP contribution is -2.27. The van der Waals surface area contributed by atoms with Gasteiger partial charge in [-0.15, -0.1) is 0 Å². The monoisotopic (exact) mass is 478 g/mol. The summed E-state index contributed by atoms with van der Waals surface area (Å²) in [6.07, 6.45) is 5.01. The molecule has 1 aliphatic heterocycles. The number of rotatable bonds is 9. The predicted octanol–water partition coefficient (Wildman–Crippen LogP) is 5.32. The largest absolute Gasteiger partial charge is 0.368 e. The van der Waals surface area contributed by atoms with Gasteiger partial charge in [0.1, 0.15) is 5.82 Å². The Morgan fingerprint density at radius 1 is 1.21 bits per heavy atom. The number of amides is 2. The maximum atomic E-state index is 13.0. The molecule has 194 valence electrons. The Morgan fingerprint density at radius 2 is 1.74 bits per heavy atom. The summed E-state index contributed by atoms with van der Waals surface area (Å²) < 4.78 is 13.0. The van der Waals surface area contributed by atoms with E-state index in [1.165, 1.54) is 37.0 Å². The number of hydrogen-bond donors (Lipinski definition) is 2. The van der Waals surface area contributed by atoms with Gasteiger partial charge in [0.05, 0.1) is 12.3 Å². The van der Waals surface area contributed by atoms with Gasteiger partial charge < -0.3 is 16.0 Å². The molecule has 2 amide bonds. The van der Waals surface area contributed by atoms with Crippen LogP contribution in [0.1, 0.15) is 79.7 Å². The van der Waals surface area contributed by atoms with Gasteiger partial charge in [0.25, 0.3) is 0 Å². The zero-order chi connectivity index (χ0) is 26.5. The molecule has 1 aliphatic rings. The SMILES string of the molecule is CC(C)C.CCC.CCCCN(C)CC1=C(C)N=C(c2ccc(F)cc2)C1.NC(=O)CNC=O. The van der Waals surface area contributed by atoms with Crippen LogP contribution in [-0.2, 0) is 9.59 Å². The van der Waals surface area contributed by atoms with Gasteiger partial charge in [0.15, 0.2) is 0 Å². The summed E-state index contributed by atoms with van der Waals surface area (Å²) in [6.45, 7) is 17.0. The molecule has 7 heteroatoms. The van der Waals surface area contributed by atoms with Crippen LogP contribution in [0.25, 0.3) is 0 Å². The number of allylic oxidation sites excluding steroid dienone is 1. The highest BCUT2D eigenvalue weighted by Gasteiger charge is 2.17. The van der Waals surface area contributed by atoms with Crippen molar-refractivity contribution in [3.05, 3.63) is 46.9 Å². The second-order valence-electron chi connectivity index (χ2n) is 8.93. The fourth-order valence-corrected chi connectivity index (χ4v) is 2.61. The molecule has 2 rings (SSSR count). The molecule has 0 aromatic heterocycles. The van der Waals surface area contributed by atoms with Crippen LogP contribution in [0.4, 0.5) is 4.39 Å². The van der Waals surface area contributed by atoms with E-state index in [4.69, 9.17) is 0 Å². The molecule has 1 aromatic rings.